The summed E-state index contributed by atoms with van der Waals surface area (Å²) in [6.45, 7) is 1.22. The van der Waals surface area contributed by atoms with Crippen molar-refractivity contribution in [2.75, 3.05) is 20.2 Å². The first kappa shape index (κ1) is 23.4. The van der Waals surface area contributed by atoms with E-state index < -0.39 is 11.7 Å². The molecule has 3 aromatic carbocycles. The molecule has 1 aliphatic heterocycles. The van der Waals surface area contributed by atoms with Gasteiger partial charge in [0.1, 0.15) is 5.82 Å². The Bertz CT molecular complexity index is 1190. The second-order valence-electron chi connectivity index (χ2n) is 8.11. The molecule has 1 aliphatic rings. The lowest BCUT2D eigenvalue weighted by atomic mass is 9.79. The van der Waals surface area contributed by atoms with Gasteiger partial charge < -0.3 is 4.74 Å². The average molecular weight is 528 g/mol. The average Bonchev–Trinajstić information content (AvgIpc) is 2.77. The number of hydrogen-bond donors (Lipinski definition) is 0. The van der Waals surface area contributed by atoms with Crippen molar-refractivity contribution in [3.8, 4) is 6.07 Å². The molecule has 4 nitrogen and oxygen atoms in total. The molecule has 0 aromatic heterocycles. The van der Waals surface area contributed by atoms with Crippen molar-refractivity contribution in [3.63, 3.8) is 0 Å². The van der Waals surface area contributed by atoms with Crippen LogP contribution in [0.15, 0.2) is 71.2 Å². The van der Waals surface area contributed by atoms with E-state index in [1.165, 1.54) is 19.2 Å². The van der Waals surface area contributed by atoms with Gasteiger partial charge in [-0.3, -0.25) is 9.69 Å². The SMILES string of the molecule is COC(=O)[C@H](c1cc(F)cc(Br)c1)C1CN([C@@H](c2ccc(Cl)cc2)c2cccc(C#N)c2)C1. The van der Waals surface area contributed by atoms with Gasteiger partial charge in [-0.25, -0.2) is 4.39 Å². The molecule has 3 aromatic rings. The van der Waals surface area contributed by atoms with Crippen LogP contribution in [-0.2, 0) is 9.53 Å². The third-order valence-electron chi connectivity index (χ3n) is 5.99. The van der Waals surface area contributed by atoms with Crippen molar-refractivity contribution >= 4 is 33.5 Å². The molecule has 0 saturated carbocycles. The van der Waals surface area contributed by atoms with Crippen LogP contribution in [0.4, 0.5) is 4.39 Å². The zero-order valence-corrected chi connectivity index (χ0v) is 20.2. The molecule has 0 bridgehead atoms. The Labute approximate surface area is 205 Å². The predicted octanol–water partition coefficient (Wildman–Crippen LogP) is 6.09. The molecule has 4 rings (SSSR count). The molecule has 168 valence electrons. The van der Waals surface area contributed by atoms with Gasteiger partial charge in [0.2, 0.25) is 0 Å². The fraction of sp³-hybridized carbons (Fsp3) is 0.231. The maximum atomic E-state index is 14.1. The molecule has 0 amide bonds. The van der Waals surface area contributed by atoms with Gasteiger partial charge in [-0.05, 0) is 59.2 Å². The molecule has 0 spiro atoms. The number of carbonyl (C=O) groups is 1. The van der Waals surface area contributed by atoms with Crippen molar-refractivity contribution in [2.45, 2.75) is 12.0 Å². The Morgan fingerprint density at radius 2 is 1.85 bits per heavy atom. The number of ether oxygens (including phenoxy) is 1. The van der Waals surface area contributed by atoms with Crippen LogP contribution in [0, 0.1) is 23.1 Å². The number of benzene rings is 3. The van der Waals surface area contributed by atoms with Crippen molar-refractivity contribution in [1.29, 1.82) is 5.26 Å². The topological polar surface area (TPSA) is 53.3 Å². The van der Waals surface area contributed by atoms with E-state index in [9.17, 15) is 14.4 Å². The summed E-state index contributed by atoms with van der Waals surface area (Å²) in [5.41, 5.74) is 3.20. The van der Waals surface area contributed by atoms with Gasteiger partial charge in [0.05, 0.1) is 30.7 Å². The monoisotopic (exact) mass is 526 g/mol. The summed E-state index contributed by atoms with van der Waals surface area (Å²) >= 11 is 9.42. The van der Waals surface area contributed by atoms with Crippen LogP contribution in [0.3, 0.4) is 0 Å². The second-order valence-corrected chi connectivity index (χ2v) is 9.46. The Kier molecular flexibility index (Phi) is 7.14. The zero-order chi connectivity index (χ0) is 23.5. The first-order chi connectivity index (χ1) is 15.9. The second kappa shape index (κ2) is 10.0. The number of halogens is 3. The van der Waals surface area contributed by atoms with Gasteiger partial charge in [0, 0.05) is 28.5 Å². The third kappa shape index (κ3) is 5.11. The van der Waals surface area contributed by atoms with E-state index in [-0.39, 0.29) is 17.9 Å². The van der Waals surface area contributed by atoms with Crippen LogP contribution in [-0.4, -0.2) is 31.1 Å². The Hall–Kier alpha value is -2.72. The summed E-state index contributed by atoms with van der Waals surface area (Å²) in [6, 6.07) is 21.8. The van der Waals surface area contributed by atoms with Crippen LogP contribution >= 0.6 is 27.5 Å². The van der Waals surface area contributed by atoms with E-state index in [1.54, 1.807) is 12.1 Å². The molecular weight excluding hydrogens is 507 g/mol. The number of rotatable bonds is 6. The highest BCUT2D eigenvalue weighted by Gasteiger charge is 2.42. The molecule has 0 radical (unpaired) electrons. The number of esters is 1. The van der Waals surface area contributed by atoms with E-state index in [0.717, 1.165) is 11.1 Å². The third-order valence-corrected chi connectivity index (χ3v) is 6.70. The van der Waals surface area contributed by atoms with Gasteiger partial charge in [-0.15, -0.1) is 0 Å². The van der Waals surface area contributed by atoms with Crippen LogP contribution in [0.25, 0.3) is 0 Å². The number of likely N-dealkylation sites (tertiary alicyclic amines) is 1. The summed E-state index contributed by atoms with van der Waals surface area (Å²) in [7, 11) is 1.35. The smallest absolute Gasteiger partial charge is 0.313 e. The maximum Gasteiger partial charge on any atom is 0.313 e. The highest BCUT2D eigenvalue weighted by molar-refractivity contribution is 9.10. The molecule has 1 fully saturated rings. The molecule has 0 unspecified atom stereocenters. The minimum absolute atomic E-state index is 0.0416. The van der Waals surface area contributed by atoms with Crippen molar-refractivity contribution in [3.05, 3.63) is 104 Å². The van der Waals surface area contributed by atoms with Crippen molar-refractivity contribution < 1.29 is 13.9 Å². The Balaban J connectivity index is 1.65. The van der Waals surface area contributed by atoms with E-state index in [0.29, 0.717) is 33.7 Å². The summed E-state index contributed by atoms with van der Waals surface area (Å²) in [5, 5.41) is 10.0. The predicted molar refractivity (Wildman–Crippen MR) is 128 cm³/mol. The summed E-state index contributed by atoms with van der Waals surface area (Å²) in [6.07, 6.45) is 0. The summed E-state index contributed by atoms with van der Waals surface area (Å²) in [4.78, 5) is 14.9. The summed E-state index contributed by atoms with van der Waals surface area (Å²) in [5.74, 6) is -1.40. The van der Waals surface area contributed by atoms with Crippen molar-refractivity contribution in [2.24, 2.45) is 5.92 Å². The molecule has 0 N–H and O–H groups in total. The lowest BCUT2D eigenvalue weighted by Gasteiger charge is -2.47. The number of hydrogen-bond acceptors (Lipinski definition) is 4. The minimum Gasteiger partial charge on any atom is -0.469 e. The lowest BCUT2D eigenvalue weighted by Crippen LogP contribution is -2.52. The van der Waals surface area contributed by atoms with E-state index in [1.807, 2.05) is 42.5 Å². The fourth-order valence-electron chi connectivity index (χ4n) is 4.49. The molecule has 1 heterocycles. The highest BCUT2D eigenvalue weighted by atomic mass is 79.9. The van der Waals surface area contributed by atoms with E-state index >= 15 is 0 Å². The summed E-state index contributed by atoms with van der Waals surface area (Å²) < 4.78 is 19.7. The molecular formula is C26H21BrClFN2O2. The number of carbonyl (C=O) groups excluding carboxylic acids is 1. The highest BCUT2D eigenvalue weighted by Crippen LogP contribution is 2.41. The van der Waals surface area contributed by atoms with Crippen LogP contribution in [0.5, 0.6) is 0 Å². The van der Waals surface area contributed by atoms with Crippen LogP contribution in [0.2, 0.25) is 5.02 Å². The zero-order valence-electron chi connectivity index (χ0n) is 17.8. The van der Waals surface area contributed by atoms with Crippen LogP contribution in [0.1, 0.15) is 34.2 Å². The van der Waals surface area contributed by atoms with Gasteiger partial charge in [0.15, 0.2) is 0 Å². The maximum absolute atomic E-state index is 14.1. The first-order valence-corrected chi connectivity index (χ1v) is 11.6. The van der Waals surface area contributed by atoms with E-state index in [2.05, 4.69) is 26.9 Å². The molecule has 7 heteroatoms. The van der Waals surface area contributed by atoms with Crippen molar-refractivity contribution in [1.82, 2.24) is 4.90 Å². The normalized spacial score (nSPS) is 15.8. The standard InChI is InChI=1S/C26H21BrClFN2O2/c1-33-26(32)24(19-10-21(27)12-23(29)11-19)20-14-31(15-20)25(17-5-7-22(28)8-6-17)18-4-2-3-16(9-18)13-30/h2-12,20,24-25H,14-15H2,1H3/t24-,25+/m1/s1. The van der Waals surface area contributed by atoms with E-state index in [4.69, 9.17) is 16.3 Å². The number of methoxy groups -OCH3 is 1. The van der Waals surface area contributed by atoms with Gasteiger partial charge in [-0.1, -0.05) is 51.8 Å². The van der Waals surface area contributed by atoms with Crippen LogP contribution < -0.4 is 0 Å². The van der Waals surface area contributed by atoms with Gasteiger partial charge >= 0.3 is 5.97 Å². The van der Waals surface area contributed by atoms with Gasteiger partial charge in [0.25, 0.3) is 0 Å². The lowest BCUT2D eigenvalue weighted by molar-refractivity contribution is -0.146. The number of nitriles is 1. The molecule has 2 atom stereocenters. The quantitative estimate of drug-likeness (QED) is 0.364. The Morgan fingerprint density at radius 3 is 2.48 bits per heavy atom. The molecule has 33 heavy (non-hydrogen) atoms. The largest absolute Gasteiger partial charge is 0.469 e. The number of nitrogens with zero attached hydrogens (tertiary/aromatic N) is 2. The fourth-order valence-corrected chi connectivity index (χ4v) is 5.10. The Morgan fingerprint density at radius 1 is 1.12 bits per heavy atom. The molecule has 0 aliphatic carbocycles. The minimum atomic E-state index is -0.574. The molecule has 1 saturated heterocycles. The van der Waals surface area contributed by atoms with Gasteiger partial charge in [-0.2, -0.15) is 5.26 Å². The first-order valence-electron chi connectivity index (χ1n) is 10.4.